The fourth-order valence-corrected chi connectivity index (χ4v) is 2.74. The first-order valence-electron chi connectivity index (χ1n) is 6.18. The molecular formula is C15H10BrClN2O2. The van der Waals surface area contributed by atoms with Crippen LogP contribution in [0.15, 0.2) is 45.9 Å². The lowest BCUT2D eigenvalue weighted by atomic mass is 10.0. The Labute approximate surface area is 134 Å². The van der Waals surface area contributed by atoms with E-state index in [1.807, 2.05) is 18.2 Å². The molecule has 0 unspecified atom stereocenters. The maximum atomic E-state index is 11.8. The van der Waals surface area contributed by atoms with Gasteiger partial charge in [0.25, 0.3) is 0 Å². The van der Waals surface area contributed by atoms with E-state index in [9.17, 15) is 9.90 Å². The number of phenolic OH excluding ortho intramolecular Hbond substituents is 1. The molecule has 2 N–H and O–H groups in total. The number of carbonyl (C=O) groups is 1. The number of anilines is 1. The zero-order valence-corrected chi connectivity index (χ0v) is 13.1. The van der Waals surface area contributed by atoms with Gasteiger partial charge in [-0.2, -0.15) is 0 Å². The second-order valence-electron chi connectivity index (χ2n) is 4.54. The number of benzene rings is 2. The quantitative estimate of drug-likeness (QED) is 0.811. The SMILES string of the molecule is O=C1CN=C(c2ccccc2Cl)c2cc(Br)c(O)cc2N1. The van der Waals surface area contributed by atoms with E-state index in [-0.39, 0.29) is 18.2 Å². The summed E-state index contributed by atoms with van der Waals surface area (Å²) in [5.74, 6) is -0.186. The van der Waals surface area contributed by atoms with E-state index < -0.39 is 0 Å². The van der Waals surface area contributed by atoms with Crippen LogP contribution < -0.4 is 5.32 Å². The lowest BCUT2D eigenvalue weighted by molar-refractivity contribution is -0.114. The van der Waals surface area contributed by atoms with Crippen molar-refractivity contribution in [1.29, 1.82) is 0 Å². The minimum atomic E-state index is -0.236. The second kappa shape index (κ2) is 5.50. The Morgan fingerprint density at radius 3 is 2.76 bits per heavy atom. The summed E-state index contributed by atoms with van der Waals surface area (Å²) in [5, 5.41) is 13.1. The first-order valence-corrected chi connectivity index (χ1v) is 7.35. The number of aliphatic imine (C=N–C) groups is 1. The molecule has 0 atom stereocenters. The fourth-order valence-electron chi connectivity index (χ4n) is 2.17. The summed E-state index contributed by atoms with van der Waals surface area (Å²) in [6.45, 7) is 0.00756. The van der Waals surface area contributed by atoms with Gasteiger partial charge in [0.15, 0.2) is 0 Å². The minimum absolute atomic E-state index is 0.00756. The topological polar surface area (TPSA) is 61.7 Å². The number of rotatable bonds is 1. The van der Waals surface area contributed by atoms with Crippen LogP contribution in [0.2, 0.25) is 5.02 Å². The van der Waals surface area contributed by atoms with E-state index >= 15 is 0 Å². The molecule has 6 heteroatoms. The number of amides is 1. The molecule has 2 aromatic rings. The monoisotopic (exact) mass is 364 g/mol. The fraction of sp³-hybridized carbons (Fsp3) is 0.0667. The number of fused-ring (bicyclic) bond motifs is 1. The van der Waals surface area contributed by atoms with Crippen LogP contribution in [0.25, 0.3) is 0 Å². The van der Waals surface area contributed by atoms with Gasteiger partial charge in [0.05, 0.1) is 15.9 Å². The molecule has 1 heterocycles. The lowest BCUT2D eigenvalue weighted by Gasteiger charge is -2.12. The van der Waals surface area contributed by atoms with E-state index in [1.54, 1.807) is 12.1 Å². The molecule has 21 heavy (non-hydrogen) atoms. The molecule has 0 spiro atoms. The number of nitrogens with one attached hydrogen (secondary N) is 1. The van der Waals surface area contributed by atoms with Crippen molar-refractivity contribution in [2.75, 3.05) is 11.9 Å². The normalized spacial score (nSPS) is 14.0. The van der Waals surface area contributed by atoms with Crippen LogP contribution in [0.5, 0.6) is 5.75 Å². The summed E-state index contributed by atoms with van der Waals surface area (Å²) in [4.78, 5) is 16.1. The largest absolute Gasteiger partial charge is 0.507 e. The standard InChI is InChI=1S/C15H10BrClN2O2/c16-10-5-9-12(6-13(10)20)19-14(21)7-18-15(9)8-3-1-2-4-11(8)17/h1-6,20H,7H2,(H,19,21). The number of benzodiazepines with no additional fused rings is 1. The van der Waals surface area contributed by atoms with E-state index in [2.05, 4.69) is 26.2 Å². The van der Waals surface area contributed by atoms with Crippen LogP contribution in [0.1, 0.15) is 11.1 Å². The highest BCUT2D eigenvalue weighted by Gasteiger charge is 2.21. The van der Waals surface area contributed by atoms with Gasteiger partial charge in [0.1, 0.15) is 12.3 Å². The molecule has 1 aliphatic heterocycles. The lowest BCUT2D eigenvalue weighted by Crippen LogP contribution is -2.13. The molecular weight excluding hydrogens is 356 g/mol. The number of hydrogen-bond acceptors (Lipinski definition) is 3. The molecule has 0 saturated carbocycles. The van der Waals surface area contributed by atoms with Crippen molar-refractivity contribution in [2.45, 2.75) is 0 Å². The van der Waals surface area contributed by atoms with Crippen molar-refractivity contribution in [3.05, 3.63) is 57.0 Å². The van der Waals surface area contributed by atoms with Gasteiger partial charge in [0, 0.05) is 22.2 Å². The summed E-state index contributed by atoms with van der Waals surface area (Å²) in [5.41, 5.74) is 2.58. The van der Waals surface area contributed by atoms with Gasteiger partial charge in [-0.25, -0.2) is 0 Å². The molecule has 0 aromatic heterocycles. The van der Waals surface area contributed by atoms with Crippen molar-refractivity contribution in [3.8, 4) is 5.75 Å². The van der Waals surface area contributed by atoms with Crippen LogP contribution >= 0.6 is 27.5 Å². The van der Waals surface area contributed by atoms with E-state index in [0.29, 0.717) is 26.5 Å². The maximum absolute atomic E-state index is 11.8. The van der Waals surface area contributed by atoms with Crippen LogP contribution in [0, 0.1) is 0 Å². The predicted octanol–water partition coefficient (Wildman–Crippen LogP) is 3.60. The van der Waals surface area contributed by atoms with Gasteiger partial charge in [0.2, 0.25) is 5.91 Å². The number of aromatic hydroxyl groups is 1. The molecule has 106 valence electrons. The third-order valence-electron chi connectivity index (χ3n) is 3.13. The van der Waals surface area contributed by atoms with Gasteiger partial charge >= 0.3 is 0 Å². The molecule has 0 bridgehead atoms. The molecule has 0 aliphatic carbocycles. The third kappa shape index (κ3) is 2.66. The van der Waals surface area contributed by atoms with E-state index in [4.69, 9.17) is 11.6 Å². The minimum Gasteiger partial charge on any atom is -0.507 e. The summed E-state index contributed by atoms with van der Waals surface area (Å²) in [6, 6.07) is 10.5. The Bertz CT molecular complexity index is 774. The molecule has 4 nitrogen and oxygen atoms in total. The molecule has 3 rings (SSSR count). The molecule has 0 fully saturated rings. The Morgan fingerprint density at radius 2 is 2.00 bits per heavy atom. The van der Waals surface area contributed by atoms with Crippen molar-refractivity contribution in [1.82, 2.24) is 0 Å². The smallest absolute Gasteiger partial charge is 0.246 e. The third-order valence-corrected chi connectivity index (χ3v) is 4.09. The van der Waals surface area contributed by atoms with Gasteiger partial charge in [-0.15, -0.1) is 0 Å². The van der Waals surface area contributed by atoms with Crippen LogP contribution in [-0.2, 0) is 4.79 Å². The Kier molecular flexibility index (Phi) is 3.69. The van der Waals surface area contributed by atoms with Crippen molar-refractivity contribution < 1.29 is 9.90 Å². The maximum Gasteiger partial charge on any atom is 0.246 e. The molecule has 1 amide bonds. The molecule has 0 saturated heterocycles. The zero-order valence-electron chi connectivity index (χ0n) is 10.7. The Hall–Kier alpha value is -1.85. The predicted molar refractivity (Wildman–Crippen MR) is 86.4 cm³/mol. The van der Waals surface area contributed by atoms with Crippen LogP contribution in [0.4, 0.5) is 5.69 Å². The van der Waals surface area contributed by atoms with Gasteiger partial charge in [-0.3, -0.25) is 9.79 Å². The number of nitrogens with zero attached hydrogens (tertiary/aromatic N) is 1. The van der Waals surface area contributed by atoms with E-state index in [0.717, 1.165) is 5.56 Å². The molecule has 1 aliphatic rings. The number of carbonyl (C=O) groups excluding carboxylic acids is 1. The van der Waals surface area contributed by atoms with Gasteiger partial charge < -0.3 is 10.4 Å². The first kappa shape index (κ1) is 14.1. The summed E-state index contributed by atoms with van der Waals surface area (Å²) < 4.78 is 0.525. The second-order valence-corrected chi connectivity index (χ2v) is 5.80. The first-order chi connectivity index (χ1) is 10.1. The summed E-state index contributed by atoms with van der Waals surface area (Å²) in [7, 11) is 0. The number of hydrogen-bond donors (Lipinski definition) is 2. The van der Waals surface area contributed by atoms with Crippen molar-refractivity contribution >= 4 is 44.8 Å². The average molecular weight is 366 g/mol. The highest BCUT2D eigenvalue weighted by Crippen LogP contribution is 2.34. The number of halogens is 2. The van der Waals surface area contributed by atoms with Crippen molar-refractivity contribution in [2.24, 2.45) is 4.99 Å². The van der Waals surface area contributed by atoms with Gasteiger partial charge in [-0.1, -0.05) is 29.8 Å². The van der Waals surface area contributed by atoms with Crippen LogP contribution in [-0.4, -0.2) is 23.3 Å². The highest BCUT2D eigenvalue weighted by molar-refractivity contribution is 9.10. The highest BCUT2D eigenvalue weighted by atomic mass is 79.9. The average Bonchev–Trinajstić information content (AvgIpc) is 2.59. The zero-order chi connectivity index (χ0) is 15.0. The number of phenols is 1. The van der Waals surface area contributed by atoms with Gasteiger partial charge in [-0.05, 0) is 28.1 Å². The van der Waals surface area contributed by atoms with E-state index in [1.165, 1.54) is 6.07 Å². The molecule has 0 radical (unpaired) electrons. The molecule has 2 aromatic carbocycles. The Morgan fingerprint density at radius 1 is 1.24 bits per heavy atom. The van der Waals surface area contributed by atoms with Crippen molar-refractivity contribution in [3.63, 3.8) is 0 Å². The summed E-state index contributed by atoms with van der Waals surface area (Å²) in [6.07, 6.45) is 0. The Balaban J connectivity index is 2.25. The summed E-state index contributed by atoms with van der Waals surface area (Å²) >= 11 is 9.52. The van der Waals surface area contributed by atoms with Crippen LogP contribution in [0.3, 0.4) is 0 Å².